The third-order valence-electron chi connectivity index (χ3n) is 4.34. The van der Waals surface area contributed by atoms with Crippen LogP contribution in [0.2, 0.25) is 0 Å². The van der Waals surface area contributed by atoms with Gasteiger partial charge in [-0.1, -0.05) is 17.3 Å². The van der Waals surface area contributed by atoms with Crippen LogP contribution in [0, 0.1) is 0 Å². The molecule has 1 heterocycles. The molecule has 6 nitrogen and oxygen atoms in total. The molecular weight excluding hydrogens is 320 g/mol. The first-order chi connectivity index (χ1) is 12.2. The van der Waals surface area contributed by atoms with Crippen LogP contribution in [-0.4, -0.2) is 28.5 Å². The van der Waals surface area contributed by atoms with Crippen molar-refractivity contribution in [1.29, 1.82) is 0 Å². The molecule has 0 radical (unpaired) electrons. The molecule has 0 bridgehead atoms. The molecule has 1 aliphatic rings. The van der Waals surface area contributed by atoms with E-state index in [0.29, 0.717) is 17.1 Å². The van der Waals surface area contributed by atoms with E-state index in [9.17, 15) is 5.11 Å². The van der Waals surface area contributed by atoms with Gasteiger partial charge in [0.1, 0.15) is 17.2 Å². The van der Waals surface area contributed by atoms with E-state index in [-0.39, 0.29) is 17.7 Å². The van der Waals surface area contributed by atoms with Gasteiger partial charge in [-0.15, -0.1) is 0 Å². The van der Waals surface area contributed by atoms with Gasteiger partial charge in [0.25, 0.3) is 5.89 Å². The zero-order chi connectivity index (χ0) is 17.2. The first-order valence-electron chi connectivity index (χ1n) is 8.22. The highest BCUT2D eigenvalue weighted by molar-refractivity contribution is 5.68. The van der Waals surface area contributed by atoms with Gasteiger partial charge in [-0.05, 0) is 43.5 Å². The zero-order valence-corrected chi connectivity index (χ0v) is 13.8. The third kappa shape index (κ3) is 3.03. The minimum Gasteiger partial charge on any atom is -0.507 e. The SMILES string of the molecule is COc1ccc(-c2nc(-c3ccccc3OC3CCC3)no2)c(O)c1. The Morgan fingerprint density at radius 2 is 1.96 bits per heavy atom. The summed E-state index contributed by atoms with van der Waals surface area (Å²) in [5, 5.41) is 14.2. The standard InChI is InChI=1S/C19H18N2O4/c1-23-13-9-10-14(16(22)11-13)19-20-18(21-25-19)15-7-2-3-8-17(15)24-12-5-4-6-12/h2-3,7-12,22H,4-6H2,1H3. The summed E-state index contributed by atoms with van der Waals surface area (Å²) in [6.07, 6.45) is 3.62. The molecule has 25 heavy (non-hydrogen) atoms. The maximum Gasteiger partial charge on any atom is 0.262 e. The molecule has 0 aliphatic heterocycles. The molecule has 6 heteroatoms. The lowest BCUT2D eigenvalue weighted by atomic mass is 9.96. The number of para-hydroxylation sites is 1. The van der Waals surface area contributed by atoms with Gasteiger partial charge in [0.2, 0.25) is 5.82 Å². The van der Waals surface area contributed by atoms with Crippen LogP contribution >= 0.6 is 0 Å². The third-order valence-corrected chi connectivity index (χ3v) is 4.34. The van der Waals surface area contributed by atoms with Gasteiger partial charge in [-0.2, -0.15) is 4.98 Å². The number of ether oxygens (including phenoxy) is 2. The van der Waals surface area contributed by atoms with E-state index < -0.39 is 0 Å². The second-order valence-electron chi connectivity index (χ2n) is 5.97. The fourth-order valence-corrected chi connectivity index (χ4v) is 2.68. The molecule has 1 aromatic heterocycles. The van der Waals surface area contributed by atoms with Crippen LogP contribution in [0.3, 0.4) is 0 Å². The Hall–Kier alpha value is -3.02. The summed E-state index contributed by atoms with van der Waals surface area (Å²) >= 11 is 0. The maximum atomic E-state index is 10.1. The summed E-state index contributed by atoms with van der Waals surface area (Å²) in [7, 11) is 1.54. The van der Waals surface area contributed by atoms with Crippen LogP contribution < -0.4 is 9.47 Å². The maximum absolute atomic E-state index is 10.1. The van der Waals surface area contributed by atoms with Crippen LogP contribution in [0.5, 0.6) is 17.2 Å². The number of nitrogens with zero attached hydrogens (tertiary/aromatic N) is 2. The minimum atomic E-state index is 0.0218. The molecule has 2 aromatic carbocycles. The van der Waals surface area contributed by atoms with Crippen molar-refractivity contribution >= 4 is 0 Å². The summed E-state index contributed by atoms with van der Waals surface area (Å²) in [5.41, 5.74) is 1.23. The fourth-order valence-electron chi connectivity index (χ4n) is 2.68. The Morgan fingerprint density at radius 3 is 2.68 bits per heavy atom. The van der Waals surface area contributed by atoms with E-state index in [4.69, 9.17) is 14.0 Å². The van der Waals surface area contributed by atoms with Gasteiger partial charge in [0, 0.05) is 6.07 Å². The molecule has 1 saturated carbocycles. The van der Waals surface area contributed by atoms with Crippen molar-refractivity contribution in [2.45, 2.75) is 25.4 Å². The summed E-state index contributed by atoms with van der Waals surface area (Å²) in [5.74, 6) is 2.00. The van der Waals surface area contributed by atoms with Crippen LogP contribution in [0.1, 0.15) is 19.3 Å². The monoisotopic (exact) mass is 338 g/mol. The molecular formula is C19H18N2O4. The van der Waals surface area contributed by atoms with Crippen molar-refractivity contribution in [2.75, 3.05) is 7.11 Å². The summed E-state index contributed by atoms with van der Waals surface area (Å²) in [6.45, 7) is 0. The highest BCUT2D eigenvalue weighted by atomic mass is 16.5. The van der Waals surface area contributed by atoms with Crippen molar-refractivity contribution in [2.24, 2.45) is 0 Å². The Bertz CT molecular complexity index is 887. The largest absolute Gasteiger partial charge is 0.507 e. The number of hydrogen-bond acceptors (Lipinski definition) is 6. The van der Waals surface area contributed by atoms with Gasteiger partial charge in [-0.3, -0.25) is 0 Å². The Kier molecular flexibility index (Phi) is 4.01. The Morgan fingerprint density at radius 1 is 1.12 bits per heavy atom. The van der Waals surface area contributed by atoms with Gasteiger partial charge in [0.15, 0.2) is 0 Å². The molecule has 0 unspecified atom stereocenters. The van der Waals surface area contributed by atoms with E-state index in [1.165, 1.54) is 19.6 Å². The molecule has 4 rings (SSSR count). The first kappa shape index (κ1) is 15.5. The molecule has 1 aliphatic carbocycles. The first-order valence-corrected chi connectivity index (χ1v) is 8.22. The second kappa shape index (κ2) is 6.47. The van der Waals surface area contributed by atoms with Crippen LogP contribution in [0.4, 0.5) is 0 Å². The van der Waals surface area contributed by atoms with Crippen molar-refractivity contribution in [3.05, 3.63) is 42.5 Å². The van der Waals surface area contributed by atoms with E-state index in [0.717, 1.165) is 24.2 Å². The molecule has 128 valence electrons. The molecule has 1 fully saturated rings. The summed E-state index contributed by atoms with van der Waals surface area (Å²) < 4.78 is 16.4. The number of benzene rings is 2. The molecule has 1 N–H and O–H groups in total. The lowest BCUT2D eigenvalue weighted by molar-refractivity contribution is 0.121. The number of methoxy groups -OCH3 is 1. The van der Waals surface area contributed by atoms with Gasteiger partial charge in [0.05, 0.1) is 24.3 Å². The number of phenols is 1. The normalized spacial score (nSPS) is 14.1. The minimum absolute atomic E-state index is 0.0218. The van der Waals surface area contributed by atoms with Crippen LogP contribution in [0.15, 0.2) is 47.0 Å². The van der Waals surface area contributed by atoms with Crippen molar-refractivity contribution in [3.63, 3.8) is 0 Å². The van der Waals surface area contributed by atoms with Crippen molar-refractivity contribution in [1.82, 2.24) is 10.1 Å². The van der Waals surface area contributed by atoms with Crippen molar-refractivity contribution in [3.8, 4) is 40.1 Å². The summed E-state index contributed by atoms with van der Waals surface area (Å²) in [4.78, 5) is 4.42. The van der Waals surface area contributed by atoms with E-state index in [1.54, 1.807) is 12.1 Å². The van der Waals surface area contributed by atoms with Crippen LogP contribution in [-0.2, 0) is 0 Å². The predicted octanol–water partition coefficient (Wildman–Crippen LogP) is 4.05. The Balaban J connectivity index is 1.65. The molecule has 0 saturated heterocycles. The Labute approximate surface area is 145 Å². The topological polar surface area (TPSA) is 77.6 Å². The fraction of sp³-hybridized carbons (Fsp3) is 0.263. The van der Waals surface area contributed by atoms with E-state index in [1.807, 2.05) is 24.3 Å². The molecule has 0 spiro atoms. The molecule has 0 amide bonds. The number of phenolic OH excluding ortho intramolecular Hbond substituents is 1. The quantitative estimate of drug-likeness (QED) is 0.756. The molecule has 0 atom stereocenters. The lowest BCUT2D eigenvalue weighted by Gasteiger charge is -2.27. The van der Waals surface area contributed by atoms with Crippen molar-refractivity contribution < 1.29 is 19.1 Å². The average molecular weight is 338 g/mol. The van der Waals surface area contributed by atoms with Gasteiger partial charge in [-0.25, -0.2) is 0 Å². The molecule has 3 aromatic rings. The number of rotatable bonds is 5. The van der Waals surface area contributed by atoms with E-state index >= 15 is 0 Å². The average Bonchev–Trinajstić information content (AvgIpc) is 3.08. The van der Waals surface area contributed by atoms with E-state index in [2.05, 4.69) is 10.1 Å². The second-order valence-corrected chi connectivity index (χ2v) is 5.97. The van der Waals surface area contributed by atoms with Crippen LogP contribution in [0.25, 0.3) is 22.8 Å². The lowest BCUT2D eigenvalue weighted by Crippen LogP contribution is -2.24. The summed E-state index contributed by atoms with van der Waals surface area (Å²) in [6, 6.07) is 12.6. The van der Waals surface area contributed by atoms with Gasteiger partial charge < -0.3 is 19.1 Å². The highest BCUT2D eigenvalue weighted by Gasteiger charge is 2.22. The number of aromatic nitrogens is 2. The van der Waals surface area contributed by atoms with Gasteiger partial charge >= 0.3 is 0 Å². The smallest absolute Gasteiger partial charge is 0.262 e. The number of aromatic hydroxyl groups is 1. The number of hydrogen-bond donors (Lipinski definition) is 1. The zero-order valence-electron chi connectivity index (χ0n) is 13.8. The highest BCUT2D eigenvalue weighted by Crippen LogP contribution is 2.35. The predicted molar refractivity (Wildman–Crippen MR) is 91.7 cm³/mol.